The Morgan fingerprint density at radius 1 is 1.37 bits per heavy atom. The normalized spacial score (nSPS) is 11.1. The van der Waals surface area contributed by atoms with Gasteiger partial charge in [0.05, 0.1) is 18.6 Å². The summed E-state index contributed by atoms with van der Waals surface area (Å²) < 4.78 is 4.62. The lowest BCUT2D eigenvalue weighted by molar-refractivity contribution is -0.145. The van der Waals surface area contributed by atoms with Crippen molar-refractivity contribution in [3.05, 3.63) is 29.8 Å². The van der Waals surface area contributed by atoms with E-state index < -0.39 is 0 Å². The van der Waals surface area contributed by atoms with E-state index in [1.54, 1.807) is 38.2 Å². The fourth-order valence-electron chi connectivity index (χ4n) is 1.67. The summed E-state index contributed by atoms with van der Waals surface area (Å²) in [6.07, 6.45) is 0. The molecule has 0 saturated carbocycles. The molecule has 5 nitrogen and oxygen atoms in total. The molecule has 1 aromatic rings. The Hall–Kier alpha value is -1.75. The third kappa shape index (κ3) is 4.44. The third-order valence-corrected chi connectivity index (χ3v) is 2.69. The number of methoxy groups -OCH3 is 1. The zero-order valence-electron chi connectivity index (χ0n) is 11.3. The second-order valence-corrected chi connectivity index (χ2v) is 4.20. The van der Waals surface area contributed by atoms with Crippen LogP contribution in [0.3, 0.4) is 0 Å². The molecule has 0 aliphatic rings. The van der Waals surface area contributed by atoms with Crippen LogP contribution in [0.4, 0.5) is 5.69 Å². The molecule has 0 spiro atoms. The predicted molar refractivity (Wildman–Crippen MR) is 76.2 cm³/mol. The van der Waals surface area contributed by atoms with E-state index in [0.717, 1.165) is 0 Å². The summed E-state index contributed by atoms with van der Waals surface area (Å²) in [5.74, 6) is -0.909. The number of nitrogens with two attached hydrogens (primary N) is 1. The molecule has 106 valence electrons. The van der Waals surface area contributed by atoms with E-state index in [1.807, 2.05) is 0 Å². The van der Waals surface area contributed by atoms with Crippen molar-refractivity contribution in [2.75, 3.05) is 26.4 Å². The van der Waals surface area contributed by atoms with Crippen LogP contribution in [0.25, 0.3) is 0 Å². The lowest BCUT2D eigenvalue weighted by Gasteiger charge is -2.21. The quantitative estimate of drug-likeness (QED) is 0.674. The minimum atomic E-state index is -0.367. The lowest BCUT2D eigenvalue weighted by Crippen LogP contribution is -2.34. The number of para-hydroxylation sites is 1. The van der Waals surface area contributed by atoms with Gasteiger partial charge >= 0.3 is 5.97 Å². The summed E-state index contributed by atoms with van der Waals surface area (Å²) in [7, 11) is 2.96. The summed E-state index contributed by atoms with van der Waals surface area (Å²) in [5, 5.41) is 0. The Morgan fingerprint density at radius 3 is 2.47 bits per heavy atom. The molecule has 0 aromatic heterocycles. The highest BCUT2D eigenvalue weighted by molar-refractivity contribution is 5.99. The smallest absolute Gasteiger partial charge is 0.310 e. The van der Waals surface area contributed by atoms with Gasteiger partial charge in [0.15, 0.2) is 0 Å². The predicted octanol–water partition coefficient (Wildman–Crippen LogP) is 1.57. The topological polar surface area (TPSA) is 72.6 Å². The van der Waals surface area contributed by atoms with Crippen LogP contribution < -0.4 is 5.73 Å². The number of nitrogens with zero attached hydrogens (tertiary/aromatic N) is 1. The van der Waals surface area contributed by atoms with E-state index in [9.17, 15) is 9.59 Å². The Bertz CT molecular complexity index is 451. The molecule has 0 aliphatic carbocycles. The van der Waals surface area contributed by atoms with Crippen LogP contribution in [0.2, 0.25) is 0 Å². The Balaban J connectivity index is 0.00000324. The first-order chi connectivity index (χ1) is 8.47. The lowest BCUT2D eigenvalue weighted by atomic mass is 10.1. The van der Waals surface area contributed by atoms with Crippen molar-refractivity contribution < 1.29 is 14.3 Å². The van der Waals surface area contributed by atoms with Gasteiger partial charge in [-0.1, -0.05) is 19.1 Å². The number of hydrogen-bond donors (Lipinski definition) is 1. The van der Waals surface area contributed by atoms with Crippen LogP contribution in [-0.4, -0.2) is 37.5 Å². The summed E-state index contributed by atoms with van der Waals surface area (Å²) in [6.45, 7) is 2.00. The summed E-state index contributed by atoms with van der Waals surface area (Å²) >= 11 is 0. The number of ether oxygens (including phenoxy) is 1. The second-order valence-electron chi connectivity index (χ2n) is 4.20. The average Bonchev–Trinajstić information content (AvgIpc) is 2.37. The fourth-order valence-corrected chi connectivity index (χ4v) is 1.67. The van der Waals surface area contributed by atoms with E-state index in [4.69, 9.17) is 5.73 Å². The van der Waals surface area contributed by atoms with Crippen LogP contribution in [0.5, 0.6) is 0 Å². The molecule has 1 aromatic carbocycles. The summed E-state index contributed by atoms with van der Waals surface area (Å²) in [6, 6.07) is 6.85. The van der Waals surface area contributed by atoms with Crippen molar-refractivity contribution in [3.8, 4) is 0 Å². The number of nitrogen functional groups attached to an aromatic ring is 1. The fraction of sp³-hybridized carbons (Fsp3) is 0.385. The van der Waals surface area contributed by atoms with Gasteiger partial charge in [0, 0.05) is 19.3 Å². The van der Waals surface area contributed by atoms with Gasteiger partial charge in [-0.15, -0.1) is 12.4 Å². The van der Waals surface area contributed by atoms with Crippen LogP contribution in [-0.2, 0) is 9.53 Å². The van der Waals surface area contributed by atoms with E-state index in [2.05, 4.69) is 4.74 Å². The molecule has 0 saturated heterocycles. The molecule has 1 amide bonds. The molecule has 19 heavy (non-hydrogen) atoms. The van der Waals surface area contributed by atoms with Gasteiger partial charge in [-0.25, -0.2) is 0 Å². The van der Waals surface area contributed by atoms with Crippen LogP contribution in [0, 0.1) is 5.92 Å². The maximum atomic E-state index is 12.1. The number of anilines is 1. The number of carbonyl (C=O) groups excluding carboxylic acids is 2. The molecule has 2 N–H and O–H groups in total. The Labute approximate surface area is 119 Å². The molecule has 0 bridgehead atoms. The standard InChI is InChI=1S/C13H18N2O3.ClH/c1-9(13(17)18-3)8-15(2)12(16)10-6-4-5-7-11(10)14;/h4-7,9H,8,14H2,1-3H3;1H. The molecule has 0 aliphatic heterocycles. The van der Waals surface area contributed by atoms with Crippen LogP contribution in [0.15, 0.2) is 24.3 Å². The molecular formula is C13H19ClN2O3. The number of carbonyl (C=O) groups is 2. The molecule has 1 rings (SSSR count). The number of hydrogen-bond acceptors (Lipinski definition) is 4. The first-order valence-corrected chi connectivity index (χ1v) is 5.65. The van der Waals surface area contributed by atoms with Gasteiger partial charge < -0.3 is 15.4 Å². The first kappa shape index (κ1) is 17.2. The van der Waals surface area contributed by atoms with Gasteiger partial charge in [0.1, 0.15) is 0 Å². The molecule has 1 unspecified atom stereocenters. The van der Waals surface area contributed by atoms with Crippen molar-refractivity contribution >= 4 is 30.0 Å². The molecular weight excluding hydrogens is 268 g/mol. The average molecular weight is 287 g/mol. The maximum absolute atomic E-state index is 12.1. The zero-order chi connectivity index (χ0) is 13.7. The third-order valence-electron chi connectivity index (χ3n) is 2.69. The van der Waals surface area contributed by atoms with Gasteiger partial charge in [0.2, 0.25) is 0 Å². The number of esters is 1. The molecule has 0 radical (unpaired) electrons. The number of benzene rings is 1. The van der Waals surface area contributed by atoms with Crippen LogP contribution >= 0.6 is 12.4 Å². The van der Waals surface area contributed by atoms with E-state index in [1.165, 1.54) is 12.0 Å². The number of halogens is 1. The largest absolute Gasteiger partial charge is 0.469 e. The van der Waals surface area contributed by atoms with Gasteiger partial charge in [-0.2, -0.15) is 0 Å². The zero-order valence-corrected chi connectivity index (χ0v) is 12.1. The highest BCUT2D eigenvalue weighted by Gasteiger charge is 2.20. The Kier molecular flexibility index (Phi) is 6.93. The molecule has 0 fully saturated rings. The van der Waals surface area contributed by atoms with Crippen molar-refractivity contribution in [2.45, 2.75) is 6.92 Å². The Morgan fingerprint density at radius 2 is 1.95 bits per heavy atom. The first-order valence-electron chi connectivity index (χ1n) is 5.65. The molecule has 0 heterocycles. The molecule has 1 atom stereocenters. The SMILES string of the molecule is COC(=O)C(C)CN(C)C(=O)c1ccccc1N.Cl. The number of rotatable bonds is 4. The number of amides is 1. The van der Waals surface area contributed by atoms with Crippen molar-refractivity contribution in [1.29, 1.82) is 0 Å². The second kappa shape index (κ2) is 7.63. The minimum absolute atomic E-state index is 0. The van der Waals surface area contributed by atoms with Gasteiger partial charge in [0.25, 0.3) is 5.91 Å². The van der Waals surface area contributed by atoms with Crippen LogP contribution in [0.1, 0.15) is 17.3 Å². The van der Waals surface area contributed by atoms with E-state index in [0.29, 0.717) is 17.8 Å². The van der Waals surface area contributed by atoms with E-state index >= 15 is 0 Å². The highest BCUT2D eigenvalue weighted by atomic mass is 35.5. The maximum Gasteiger partial charge on any atom is 0.310 e. The van der Waals surface area contributed by atoms with Gasteiger partial charge in [-0.05, 0) is 12.1 Å². The van der Waals surface area contributed by atoms with Crippen molar-refractivity contribution in [3.63, 3.8) is 0 Å². The summed E-state index contributed by atoms with van der Waals surface area (Å²) in [5.41, 5.74) is 6.61. The molecule has 6 heteroatoms. The summed E-state index contributed by atoms with van der Waals surface area (Å²) in [4.78, 5) is 24.9. The highest BCUT2D eigenvalue weighted by Crippen LogP contribution is 2.13. The van der Waals surface area contributed by atoms with Crippen molar-refractivity contribution in [1.82, 2.24) is 4.90 Å². The monoisotopic (exact) mass is 286 g/mol. The van der Waals surface area contributed by atoms with Gasteiger partial charge in [-0.3, -0.25) is 9.59 Å². The van der Waals surface area contributed by atoms with E-state index in [-0.39, 0.29) is 30.2 Å². The van der Waals surface area contributed by atoms with Crippen molar-refractivity contribution in [2.24, 2.45) is 5.92 Å². The minimum Gasteiger partial charge on any atom is -0.469 e.